The number of rotatable bonds is 3. The summed E-state index contributed by atoms with van der Waals surface area (Å²) >= 11 is 0. The number of likely N-dealkylation sites (N-methyl/N-ethyl adjacent to an activating group) is 1. The third kappa shape index (κ3) is 2.27. The van der Waals surface area contributed by atoms with E-state index in [4.69, 9.17) is 5.11 Å². The molecule has 1 unspecified atom stereocenters. The lowest BCUT2D eigenvalue weighted by atomic mass is 9.95. The van der Waals surface area contributed by atoms with Gasteiger partial charge in [0.1, 0.15) is 5.75 Å². The number of phenols is 1. The highest BCUT2D eigenvalue weighted by Gasteiger charge is 2.56. The van der Waals surface area contributed by atoms with Crippen molar-refractivity contribution in [3.8, 4) is 5.75 Å². The molecule has 6 heteroatoms. The van der Waals surface area contributed by atoms with Crippen molar-refractivity contribution in [1.29, 1.82) is 0 Å². The first-order valence-electron chi connectivity index (χ1n) is 4.51. The Hall–Kier alpha value is -1.30. The molecule has 0 fully saturated rings. The van der Waals surface area contributed by atoms with Gasteiger partial charge in [-0.25, -0.2) is 4.39 Å². The lowest BCUT2D eigenvalue weighted by Gasteiger charge is -2.28. The lowest BCUT2D eigenvalue weighted by molar-refractivity contribution is -0.233. The Morgan fingerprint density at radius 2 is 1.62 bits per heavy atom. The van der Waals surface area contributed by atoms with E-state index in [9.17, 15) is 17.6 Å². The summed E-state index contributed by atoms with van der Waals surface area (Å²) in [5.74, 6) is -0.210. The Morgan fingerprint density at radius 3 is 2.00 bits per heavy atom. The summed E-state index contributed by atoms with van der Waals surface area (Å²) in [6, 6.07) is 3.87. The number of nitrogens with one attached hydrogen (secondary N) is 1. The normalized spacial score (nSPS) is 15.8. The van der Waals surface area contributed by atoms with E-state index < -0.39 is 24.0 Å². The van der Waals surface area contributed by atoms with Gasteiger partial charge in [-0.05, 0) is 24.7 Å². The van der Waals surface area contributed by atoms with E-state index in [2.05, 4.69) is 5.32 Å². The van der Waals surface area contributed by atoms with Gasteiger partial charge in [0.05, 0.1) is 0 Å². The van der Waals surface area contributed by atoms with Crippen LogP contribution in [0.1, 0.15) is 5.56 Å². The zero-order valence-corrected chi connectivity index (χ0v) is 8.48. The number of alkyl halides is 4. The second kappa shape index (κ2) is 4.29. The van der Waals surface area contributed by atoms with Crippen LogP contribution in [-0.4, -0.2) is 24.9 Å². The zero-order chi connectivity index (χ0) is 12.4. The summed E-state index contributed by atoms with van der Waals surface area (Å²) < 4.78 is 51.7. The molecule has 1 rings (SSSR count). The highest BCUT2D eigenvalue weighted by Crippen LogP contribution is 2.42. The van der Waals surface area contributed by atoms with Crippen molar-refractivity contribution in [2.75, 3.05) is 13.6 Å². The number of hydrogen-bond acceptors (Lipinski definition) is 2. The first kappa shape index (κ1) is 12.8. The Morgan fingerprint density at radius 1 is 1.12 bits per heavy atom. The predicted molar refractivity (Wildman–Crippen MR) is 50.9 cm³/mol. The smallest absolute Gasteiger partial charge is 0.428 e. The van der Waals surface area contributed by atoms with Gasteiger partial charge in [-0.3, -0.25) is 0 Å². The van der Waals surface area contributed by atoms with Crippen LogP contribution in [0.5, 0.6) is 5.75 Å². The Labute approximate surface area is 89.9 Å². The maximum absolute atomic E-state index is 13.9. The molecule has 0 radical (unpaired) electrons. The second-order valence-electron chi connectivity index (χ2n) is 3.38. The molecule has 90 valence electrons. The monoisotopic (exact) mass is 237 g/mol. The fraction of sp³-hybridized carbons (Fsp3) is 0.400. The number of aromatic hydroxyl groups is 1. The molecule has 0 aliphatic rings. The van der Waals surface area contributed by atoms with E-state index in [1.165, 1.54) is 7.05 Å². The molecule has 0 saturated carbocycles. The second-order valence-corrected chi connectivity index (χ2v) is 3.38. The van der Waals surface area contributed by atoms with Crippen LogP contribution in [0.15, 0.2) is 24.3 Å². The molecule has 0 heterocycles. The van der Waals surface area contributed by atoms with Crippen LogP contribution in [0.2, 0.25) is 0 Å². The van der Waals surface area contributed by atoms with E-state index in [1.807, 2.05) is 0 Å². The molecule has 1 aromatic carbocycles. The Balaban J connectivity index is 3.16. The molecule has 0 aliphatic carbocycles. The molecular weight excluding hydrogens is 226 g/mol. The predicted octanol–water partition coefficient (Wildman–Crippen LogP) is 2.34. The number of phenolic OH excluding ortho intramolecular Hbond substituents is 1. The van der Waals surface area contributed by atoms with Gasteiger partial charge >= 0.3 is 6.18 Å². The van der Waals surface area contributed by atoms with Crippen LogP contribution in [0, 0.1) is 0 Å². The number of hydrogen-bond donors (Lipinski definition) is 2. The van der Waals surface area contributed by atoms with Gasteiger partial charge in [0, 0.05) is 6.54 Å². The molecular formula is C10H11F4NO. The van der Waals surface area contributed by atoms with Crippen molar-refractivity contribution >= 4 is 0 Å². The standard InChI is InChI=1S/C10H11F4NO/c1-15-6-9(11,10(12,13)14)7-2-4-8(16)5-3-7/h2-5,15-16H,6H2,1H3. The molecule has 0 amide bonds. The fourth-order valence-corrected chi connectivity index (χ4v) is 1.34. The summed E-state index contributed by atoms with van der Waals surface area (Å²) in [4.78, 5) is 0. The molecule has 1 atom stereocenters. The van der Waals surface area contributed by atoms with Crippen molar-refractivity contribution in [2.24, 2.45) is 0 Å². The highest BCUT2D eigenvalue weighted by molar-refractivity contribution is 5.31. The fourth-order valence-electron chi connectivity index (χ4n) is 1.34. The average Bonchev–Trinajstić information content (AvgIpc) is 2.17. The molecule has 2 N–H and O–H groups in total. The molecule has 0 bridgehead atoms. The molecule has 0 aliphatic heterocycles. The SMILES string of the molecule is CNCC(F)(c1ccc(O)cc1)C(F)(F)F. The third-order valence-electron chi connectivity index (χ3n) is 2.19. The molecule has 16 heavy (non-hydrogen) atoms. The van der Waals surface area contributed by atoms with E-state index in [0.717, 1.165) is 24.3 Å². The van der Waals surface area contributed by atoms with E-state index in [0.29, 0.717) is 0 Å². The minimum atomic E-state index is -5.01. The van der Waals surface area contributed by atoms with Gasteiger partial charge in [-0.2, -0.15) is 13.2 Å². The topological polar surface area (TPSA) is 32.3 Å². The summed E-state index contributed by atoms with van der Waals surface area (Å²) in [6.07, 6.45) is -5.01. The minimum Gasteiger partial charge on any atom is -0.508 e. The Bertz CT molecular complexity index is 349. The van der Waals surface area contributed by atoms with Gasteiger partial charge in [0.25, 0.3) is 0 Å². The number of benzene rings is 1. The van der Waals surface area contributed by atoms with Crippen LogP contribution < -0.4 is 5.32 Å². The summed E-state index contributed by atoms with van der Waals surface area (Å²) in [5, 5.41) is 11.1. The number of halogens is 4. The van der Waals surface area contributed by atoms with Crippen molar-refractivity contribution in [3.63, 3.8) is 0 Å². The van der Waals surface area contributed by atoms with Crippen LogP contribution in [0.25, 0.3) is 0 Å². The lowest BCUT2D eigenvalue weighted by Crippen LogP contribution is -2.45. The molecule has 2 nitrogen and oxygen atoms in total. The van der Waals surface area contributed by atoms with Crippen LogP contribution in [0.4, 0.5) is 17.6 Å². The van der Waals surface area contributed by atoms with Gasteiger partial charge in [-0.15, -0.1) is 0 Å². The van der Waals surface area contributed by atoms with Crippen molar-refractivity contribution < 1.29 is 22.7 Å². The largest absolute Gasteiger partial charge is 0.508 e. The minimum absolute atomic E-state index is 0.210. The summed E-state index contributed by atoms with van der Waals surface area (Å²) in [7, 11) is 1.24. The molecule has 0 aromatic heterocycles. The van der Waals surface area contributed by atoms with Crippen molar-refractivity contribution in [3.05, 3.63) is 29.8 Å². The quantitative estimate of drug-likeness (QED) is 0.791. The van der Waals surface area contributed by atoms with E-state index in [-0.39, 0.29) is 5.75 Å². The average molecular weight is 237 g/mol. The third-order valence-corrected chi connectivity index (χ3v) is 2.19. The molecule has 0 spiro atoms. The first-order chi connectivity index (χ1) is 7.31. The van der Waals surface area contributed by atoms with Gasteiger partial charge < -0.3 is 10.4 Å². The van der Waals surface area contributed by atoms with Crippen LogP contribution in [-0.2, 0) is 5.67 Å². The van der Waals surface area contributed by atoms with Crippen molar-refractivity contribution in [1.82, 2.24) is 5.32 Å². The highest BCUT2D eigenvalue weighted by atomic mass is 19.4. The maximum Gasteiger partial charge on any atom is 0.428 e. The first-order valence-corrected chi connectivity index (χ1v) is 4.51. The summed E-state index contributed by atoms with van der Waals surface area (Å²) in [6.45, 7) is -0.874. The summed E-state index contributed by atoms with van der Waals surface area (Å²) in [5.41, 5.74) is -3.98. The van der Waals surface area contributed by atoms with Gasteiger partial charge in [0.15, 0.2) is 0 Å². The van der Waals surface area contributed by atoms with Crippen LogP contribution in [0.3, 0.4) is 0 Å². The Kier molecular flexibility index (Phi) is 3.42. The van der Waals surface area contributed by atoms with E-state index >= 15 is 0 Å². The molecule has 0 saturated heterocycles. The zero-order valence-electron chi connectivity index (χ0n) is 8.48. The van der Waals surface area contributed by atoms with Gasteiger partial charge in [0.2, 0.25) is 5.67 Å². The maximum atomic E-state index is 13.9. The van der Waals surface area contributed by atoms with Crippen molar-refractivity contribution in [2.45, 2.75) is 11.8 Å². The van der Waals surface area contributed by atoms with Crippen LogP contribution >= 0.6 is 0 Å². The van der Waals surface area contributed by atoms with E-state index in [1.54, 1.807) is 0 Å². The molecule has 1 aromatic rings. The van der Waals surface area contributed by atoms with Gasteiger partial charge in [-0.1, -0.05) is 12.1 Å².